The largest absolute Gasteiger partial charge is 0.313 e. The number of nitrogens with one attached hydrogen (secondary N) is 1. The molecule has 94 valence electrons. The Balaban J connectivity index is 1.61. The van der Waals surface area contributed by atoms with Gasteiger partial charge in [0.05, 0.1) is 0 Å². The van der Waals surface area contributed by atoms with Gasteiger partial charge in [0.25, 0.3) is 0 Å². The molecular formula is C14H27NS. The predicted molar refractivity (Wildman–Crippen MR) is 74.1 cm³/mol. The summed E-state index contributed by atoms with van der Waals surface area (Å²) in [6, 6.07) is 0.773. The van der Waals surface area contributed by atoms with Crippen molar-refractivity contribution in [3.63, 3.8) is 0 Å². The molecule has 0 bridgehead atoms. The van der Waals surface area contributed by atoms with Crippen molar-refractivity contribution in [2.75, 3.05) is 18.1 Å². The Morgan fingerprint density at radius 1 is 1.25 bits per heavy atom. The lowest BCUT2D eigenvalue weighted by Crippen LogP contribution is -2.41. The van der Waals surface area contributed by atoms with Gasteiger partial charge >= 0.3 is 0 Å². The van der Waals surface area contributed by atoms with E-state index in [9.17, 15) is 0 Å². The Kier molecular flexibility index (Phi) is 4.60. The van der Waals surface area contributed by atoms with E-state index in [1.54, 1.807) is 0 Å². The average Bonchev–Trinajstić information content (AvgIpc) is 2.69. The molecule has 0 radical (unpaired) electrons. The van der Waals surface area contributed by atoms with Gasteiger partial charge in [-0.2, -0.15) is 11.8 Å². The third-order valence-electron chi connectivity index (χ3n) is 4.07. The molecule has 0 amide bonds. The second-order valence-corrected chi connectivity index (χ2v) is 7.50. The van der Waals surface area contributed by atoms with E-state index in [2.05, 4.69) is 30.9 Å². The molecule has 1 aliphatic heterocycles. The fraction of sp³-hybridized carbons (Fsp3) is 1.00. The van der Waals surface area contributed by atoms with Crippen LogP contribution in [-0.4, -0.2) is 24.1 Å². The SMILES string of the molecule is CC1(C)CSCC(NCCC2CCCC2)C1. The number of rotatable bonds is 4. The van der Waals surface area contributed by atoms with E-state index in [4.69, 9.17) is 0 Å². The van der Waals surface area contributed by atoms with Gasteiger partial charge in [0.1, 0.15) is 0 Å². The summed E-state index contributed by atoms with van der Waals surface area (Å²) in [5.41, 5.74) is 0.550. The minimum atomic E-state index is 0.550. The van der Waals surface area contributed by atoms with Crippen LogP contribution in [0.1, 0.15) is 52.4 Å². The highest BCUT2D eigenvalue weighted by molar-refractivity contribution is 7.99. The van der Waals surface area contributed by atoms with E-state index in [0.29, 0.717) is 5.41 Å². The molecule has 2 heteroatoms. The van der Waals surface area contributed by atoms with E-state index in [-0.39, 0.29) is 0 Å². The average molecular weight is 241 g/mol. The molecule has 1 nitrogen and oxygen atoms in total. The molecule has 2 fully saturated rings. The van der Waals surface area contributed by atoms with Crippen molar-refractivity contribution in [2.24, 2.45) is 11.3 Å². The second kappa shape index (κ2) is 5.77. The van der Waals surface area contributed by atoms with Gasteiger partial charge in [-0.1, -0.05) is 39.5 Å². The van der Waals surface area contributed by atoms with Crippen LogP contribution in [0, 0.1) is 11.3 Å². The van der Waals surface area contributed by atoms with Crippen molar-refractivity contribution >= 4 is 11.8 Å². The van der Waals surface area contributed by atoms with Crippen molar-refractivity contribution in [1.82, 2.24) is 5.32 Å². The molecule has 16 heavy (non-hydrogen) atoms. The van der Waals surface area contributed by atoms with E-state index < -0.39 is 0 Å². The van der Waals surface area contributed by atoms with Gasteiger partial charge in [-0.05, 0) is 36.5 Å². The highest BCUT2D eigenvalue weighted by Crippen LogP contribution is 2.33. The van der Waals surface area contributed by atoms with E-state index >= 15 is 0 Å². The zero-order chi connectivity index (χ0) is 11.4. The van der Waals surface area contributed by atoms with E-state index in [1.807, 2.05) is 0 Å². The maximum absolute atomic E-state index is 3.78. The molecule has 1 atom stereocenters. The van der Waals surface area contributed by atoms with Gasteiger partial charge in [0, 0.05) is 11.8 Å². The van der Waals surface area contributed by atoms with Crippen LogP contribution in [-0.2, 0) is 0 Å². The molecule has 1 saturated heterocycles. The molecule has 1 aliphatic carbocycles. The quantitative estimate of drug-likeness (QED) is 0.805. The summed E-state index contributed by atoms with van der Waals surface area (Å²) in [5.74, 6) is 3.71. The van der Waals surface area contributed by atoms with Crippen LogP contribution < -0.4 is 5.32 Å². The van der Waals surface area contributed by atoms with Gasteiger partial charge < -0.3 is 5.32 Å². The van der Waals surface area contributed by atoms with Crippen LogP contribution in [0.4, 0.5) is 0 Å². The van der Waals surface area contributed by atoms with Crippen molar-refractivity contribution in [1.29, 1.82) is 0 Å². The first-order chi connectivity index (χ1) is 7.66. The highest BCUT2D eigenvalue weighted by atomic mass is 32.2. The molecular weight excluding hydrogens is 214 g/mol. The summed E-state index contributed by atoms with van der Waals surface area (Å²) in [6.45, 7) is 6.07. The Morgan fingerprint density at radius 3 is 2.69 bits per heavy atom. The molecule has 0 spiro atoms. The highest BCUT2D eigenvalue weighted by Gasteiger charge is 2.28. The molecule has 1 N–H and O–H groups in total. The normalized spacial score (nSPS) is 30.8. The molecule has 1 unspecified atom stereocenters. The zero-order valence-electron chi connectivity index (χ0n) is 10.9. The minimum Gasteiger partial charge on any atom is -0.313 e. The Hall–Kier alpha value is 0.310. The maximum Gasteiger partial charge on any atom is 0.0163 e. The van der Waals surface area contributed by atoms with Crippen LogP contribution in [0.2, 0.25) is 0 Å². The Labute approximate surface area is 105 Å². The Bertz CT molecular complexity index is 209. The summed E-state index contributed by atoms with van der Waals surface area (Å²) >= 11 is 2.13. The number of thioether (sulfide) groups is 1. The summed E-state index contributed by atoms with van der Waals surface area (Å²) in [6.07, 6.45) is 8.74. The summed E-state index contributed by atoms with van der Waals surface area (Å²) in [4.78, 5) is 0. The van der Waals surface area contributed by atoms with Gasteiger partial charge in [0.15, 0.2) is 0 Å². The summed E-state index contributed by atoms with van der Waals surface area (Å²) in [7, 11) is 0. The molecule has 1 heterocycles. The van der Waals surface area contributed by atoms with Crippen molar-refractivity contribution < 1.29 is 0 Å². The zero-order valence-corrected chi connectivity index (χ0v) is 11.7. The second-order valence-electron chi connectivity index (χ2n) is 6.47. The van der Waals surface area contributed by atoms with Crippen molar-refractivity contribution in [3.05, 3.63) is 0 Å². The monoisotopic (exact) mass is 241 g/mol. The van der Waals surface area contributed by atoms with Gasteiger partial charge in [-0.15, -0.1) is 0 Å². The smallest absolute Gasteiger partial charge is 0.0163 e. The van der Waals surface area contributed by atoms with Gasteiger partial charge in [-0.3, -0.25) is 0 Å². The third kappa shape index (κ3) is 3.96. The van der Waals surface area contributed by atoms with Crippen LogP contribution in [0.5, 0.6) is 0 Å². The lowest BCUT2D eigenvalue weighted by atomic mass is 9.88. The molecule has 0 aromatic rings. The maximum atomic E-state index is 3.78. The molecule has 0 aromatic carbocycles. The minimum absolute atomic E-state index is 0.550. The molecule has 0 aromatic heterocycles. The summed E-state index contributed by atoms with van der Waals surface area (Å²) < 4.78 is 0. The Morgan fingerprint density at radius 2 is 2.00 bits per heavy atom. The first-order valence-electron chi connectivity index (χ1n) is 6.97. The van der Waals surface area contributed by atoms with Crippen LogP contribution in [0.25, 0.3) is 0 Å². The van der Waals surface area contributed by atoms with Gasteiger partial charge in [-0.25, -0.2) is 0 Å². The number of hydrogen-bond donors (Lipinski definition) is 1. The van der Waals surface area contributed by atoms with E-state index in [1.165, 1.54) is 56.6 Å². The summed E-state index contributed by atoms with van der Waals surface area (Å²) in [5, 5.41) is 3.78. The lowest BCUT2D eigenvalue weighted by Gasteiger charge is -2.35. The van der Waals surface area contributed by atoms with Crippen LogP contribution >= 0.6 is 11.8 Å². The van der Waals surface area contributed by atoms with Crippen LogP contribution in [0.15, 0.2) is 0 Å². The first kappa shape index (κ1) is 12.8. The molecule has 2 aliphatic rings. The fourth-order valence-electron chi connectivity index (χ4n) is 3.18. The topological polar surface area (TPSA) is 12.0 Å². The first-order valence-corrected chi connectivity index (χ1v) is 8.12. The molecule has 2 rings (SSSR count). The predicted octanol–water partition coefficient (Wildman–Crippen LogP) is 3.69. The lowest BCUT2D eigenvalue weighted by molar-refractivity contribution is 0.312. The van der Waals surface area contributed by atoms with Crippen molar-refractivity contribution in [3.8, 4) is 0 Å². The number of hydrogen-bond acceptors (Lipinski definition) is 2. The van der Waals surface area contributed by atoms with Crippen molar-refractivity contribution in [2.45, 2.75) is 58.4 Å². The fourth-order valence-corrected chi connectivity index (χ4v) is 4.49. The van der Waals surface area contributed by atoms with E-state index in [0.717, 1.165) is 12.0 Å². The molecule has 1 saturated carbocycles. The van der Waals surface area contributed by atoms with Crippen LogP contribution in [0.3, 0.4) is 0 Å². The third-order valence-corrected chi connectivity index (χ3v) is 5.69. The van der Waals surface area contributed by atoms with Gasteiger partial charge in [0.2, 0.25) is 0 Å². The standard InChI is InChI=1S/C14H27NS/c1-14(2)9-13(10-16-11-14)15-8-7-12-5-3-4-6-12/h12-13,15H,3-11H2,1-2H3.